The molecule has 2 atom stereocenters. The third kappa shape index (κ3) is 44.7. The van der Waals surface area contributed by atoms with E-state index < -0.39 is 0 Å². The van der Waals surface area contributed by atoms with Crippen molar-refractivity contribution in [3.8, 4) is 0 Å². The third-order valence-corrected chi connectivity index (χ3v) is 4.01. The van der Waals surface area contributed by atoms with Crippen LogP contribution in [0.15, 0.2) is 0 Å². The van der Waals surface area contributed by atoms with Crippen LogP contribution in [0.4, 0.5) is 0 Å². The summed E-state index contributed by atoms with van der Waals surface area (Å²) in [5, 5.41) is 0. The zero-order chi connectivity index (χ0) is 27.0. The van der Waals surface area contributed by atoms with Gasteiger partial charge in [0.25, 0.3) is 0 Å². The molecule has 0 aliphatic heterocycles. The Bertz CT molecular complexity index is 352. The summed E-state index contributed by atoms with van der Waals surface area (Å²) >= 11 is 9.34. The summed E-state index contributed by atoms with van der Waals surface area (Å²) in [7, 11) is 0. The smallest absolute Gasteiger partial charge is 0.792 e. The molecule has 6 nitrogen and oxygen atoms in total. The Balaban J connectivity index is -0.000000128. The number of hydrogen-bond acceptors (Lipinski definition) is 8. The monoisotopic (exact) mass is 644 g/mol. The molecule has 208 valence electrons. The van der Waals surface area contributed by atoms with Gasteiger partial charge in [-0.3, -0.25) is 9.59 Å². The van der Waals surface area contributed by atoms with Crippen molar-refractivity contribution in [2.24, 2.45) is 0 Å². The fraction of sp³-hybridized carbons (Fsp3) is 0.846. The Morgan fingerprint density at radius 3 is 1.11 bits per heavy atom. The van der Waals surface area contributed by atoms with Gasteiger partial charge in [-0.05, 0) is 13.8 Å². The SMILES string of the molecule is CCCC(OCC)OC(=O)CC[S-].CCCC(OCC)OC(=O)CC[S-].[CH2]CCC.[CH2]CCC.[Sn+2]. The fourth-order valence-corrected chi connectivity index (χ4v) is 2.11. The second-order valence-electron chi connectivity index (χ2n) is 6.94. The molecule has 0 fully saturated rings. The Morgan fingerprint density at radius 2 is 0.943 bits per heavy atom. The molecule has 0 aromatic heterocycles. The normalized spacial score (nSPS) is 11.0. The third-order valence-electron chi connectivity index (χ3n) is 3.60. The van der Waals surface area contributed by atoms with E-state index in [9.17, 15) is 9.59 Å². The van der Waals surface area contributed by atoms with E-state index in [0.717, 1.165) is 38.5 Å². The van der Waals surface area contributed by atoms with Crippen LogP contribution in [0.5, 0.6) is 0 Å². The first kappa shape index (κ1) is 45.3. The molecule has 0 aliphatic carbocycles. The van der Waals surface area contributed by atoms with E-state index >= 15 is 0 Å². The second kappa shape index (κ2) is 41.5. The van der Waals surface area contributed by atoms with E-state index in [4.69, 9.17) is 18.9 Å². The number of rotatable bonds is 16. The van der Waals surface area contributed by atoms with Gasteiger partial charge in [0.15, 0.2) is 0 Å². The maximum absolute atomic E-state index is 11.0. The quantitative estimate of drug-likeness (QED) is 0.0863. The maximum atomic E-state index is 11.0. The van der Waals surface area contributed by atoms with Crippen molar-refractivity contribution in [1.29, 1.82) is 0 Å². The minimum Gasteiger partial charge on any atom is -0.792 e. The van der Waals surface area contributed by atoms with Gasteiger partial charge >= 0.3 is 35.8 Å². The van der Waals surface area contributed by atoms with E-state index in [1.807, 2.05) is 27.7 Å². The van der Waals surface area contributed by atoms with Crippen LogP contribution in [0.3, 0.4) is 0 Å². The largest absolute Gasteiger partial charge is 2.00 e. The number of unbranched alkanes of at least 4 members (excludes halogenated alkanes) is 2. The van der Waals surface area contributed by atoms with Gasteiger partial charge in [0.05, 0.1) is 0 Å². The fourth-order valence-electron chi connectivity index (χ4n) is 1.77. The van der Waals surface area contributed by atoms with Crippen molar-refractivity contribution in [3.63, 3.8) is 0 Å². The van der Waals surface area contributed by atoms with Gasteiger partial charge in [0, 0.05) is 38.9 Å². The molecular formula is C26H52O6S2Sn. The van der Waals surface area contributed by atoms with E-state index in [2.05, 4.69) is 53.0 Å². The molecule has 0 saturated carbocycles. The van der Waals surface area contributed by atoms with Crippen LogP contribution in [0.25, 0.3) is 0 Å². The second-order valence-corrected chi connectivity index (χ2v) is 7.76. The van der Waals surface area contributed by atoms with Crippen LogP contribution < -0.4 is 0 Å². The maximum Gasteiger partial charge on any atom is 2.00 e. The Hall–Kier alpha value is 0.359. The molecule has 0 N–H and O–H groups in total. The van der Waals surface area contributed by atoms with Gasteiger partial charge in [-0.25, -0.2) is 0 Å². The van der Waals surface area contributed by atoms with Gasteiger partial charge in [-0.2, -0.15) is 11.5 Å². The van der Waals surface area contributed by atoms with Gasteiger partial charge in [-0.15, -0.1) is 0 Å². The van der Waals surface area contributed by atoms with Crippen LogP contribution in [0.1, 0.15) is 106 Å². The average molecular weight is 644 g/mol. The molecule has 0 amide bonds. The molecule has 0 bridgehead atoms. The summed E-state index contributed by atoms with van der Waals surface area (Å²) in [6.45, 7) is 20.4. The van der Waals surface area contributed by atoms with Crippen LogP contribution in [-0.4, -0.2) is 73.1 Å². The van der Waals surface area contributed by atoms with Gasteiger partial charge in [0.2, 0.25) is 12.6 Å². The minimum atomic E-state index is -0.385. The van der Waals surface area contributed by atoms with Gasteiger partial charge < -0.3 is 44.2 Å². The van der Waals surface area contributed by atoms with Crippen LogP contribution >= 0.6 is 0 Å². The number of ether oxygens (including phenoxy) is 4. The van der Waals surface area contributed by atoms with Crippen molar-refractivity contribution in [2.75, 3.05) is 24.7 Å². The molecule has 35 heavy (non-hydrogen) atoms. The zero-order valence-electron chi connectivity index (χ0n) is 23.2. The molecular weight excluding hydrogens is 591 g/mol. The Kier molecular flexibility index (Phi) is 53.7. The van der Waals surface area contributed by atoms with E-state index in [0.29, 0.717) is 37.6 Å². The first-order valence-electron chi connectivity index (χ1n) is 12.7. The minimum absolute atomic E-state index is 0. The topological polar surface area (TPSA) is 71.1 Å². The summed E-state index contributed by atoms with van der Waals surface area (Å²) in [5.41, 5.74) is 0. The predicted octanol–water partition coefficient (Wildman–Crippen LogP) is 6.12. The first-order chi connectivity index (χ1) is 16.3. The van der Waals surface area contributed by atoms with Crippen molar-refractivity contribution in [3.05, 3.63) is 13.8 Å². The molecule has 0 saturated heterocycles. The molecule has 0 spiro atoms. The molecule has 0 rings (SSSR count). The Labute approximate surface area is 245 Å². The molecule has 0 heterocycles. The number of esters is 2. The molecule has 4 radical (unpaired) electrons. The van der Waals surface area contributed by atoms with Crippen LogP contribution in [0.2, 0.25) is 0 Å². The van der Waals surface area contributed by atoms with Gasteiger partial charge in [-0.1, -0.05) is 80.1 Å². The van der Waals surface area contributed by atoms with E-state index in [1.165, 1.54) is 12.8 Å². The first-order valence-corrected chi connectivity index (χ1v) is 13.8. The van der Waals surface area contributed by atoms with Gasteiger partial charge in [0.1, 0.15) is 0 Å². The summed E-state index contributed by atoms with van der Waals surface area (Å²) in [5.74, 6) is 0.289. The molecule has 0 aromatic carbocycles. The Morgan fingerprint density at radius 1 is 0.657 bits per heavy atom. The standard InChI is InChI=1S/2C9H18O3S.2C4H9.Sn/c2*1-3-5-9(11-4-2)12-8(10)6-7-13;2*1-3-4-2;/h2*9,13H,3-7H2,1-2H3;2*1,3-4H2,2H3;/q;;;;+2/p-2. The van der Waals surface area contributed by atoms with Crippen molar-refractivity contribution < 1.29 is 28.5 Å². The van der Waals surface area contributed by atoms with Crippen LogP contribution in [-0.2, 0) is 53.8 Å². The van der Waals surface area contributed by atoms with E-state index in [1.54, 1.807) is 0 Å². The van der Waals surface area contributed by atoms with Crippen LogP contribution in [0, 0.1) is 13.8 Å². The molecule has 0 aliphatic rings. The molecule has 2 unspecified atom stereocenters. The predicted molar refractivity (Wildman–Crippen MR) is 153 cm³/mol. The van der Waals surface area contributed by atoms with Crippen molar-refractivity contribution >= 4 is 61.1 Å². The zero-order valence-corrected chi connectivity index (χ0v) is 27.7. The number of hydrogen-bond donors (Lipinski definition) is 0. The molecule has 9 heteroatoms. The van der Waals surface area contributed by atoms with Crippen molar-refractivity contribution in [2.45, 2.75) is 118 Å². The summed E-state index contributed by atoms with van der Waals surface area (Å²) < 4.78 is 20.5. The molecule has 0 aromatic rings. The van der Waals surface area contributed by atoms with E-state index in [-0.39, 0.29) is 48.4 Å². The summed E-state index contributed by atoms with van der Waals surface area (Å²) in [6, 6.07) is 0. The summed E-state index contributed by atoms with van der Waals surface area (Å²) in [4.78, 5) is 22.1. The number of carbonyl (C=O) groups is 2. The number of carbonyl (C=O) groups excluding carboxylic acids is 2. The van der Waals surface area contributed by atoms with Crippen molar-refractivity contribution in [1.82, 2.24) is 0 Å². The summed E-state index contributed by atoms with van der Waals surface area (Å²) in [6.07, 6.45) is 7.74. The average Bonchev–Trinajstić information content (AvgIpc) is 2.81.